The van der Waals surface area contributed by atoms with Crippen LogP contribution in [-0.2, 0) is 10.0 Å². The SMILES string of the molecule is CB(O)N1CCN(c2ccc(Nc3ncc4c(n3)N(C3CCCC3)S(=O)(=O)C(Br)=C4)cc2)CC1. The summed E-state index contributed by atoms with van der Waals surface area (Å²) in [5.74, 6) is 0.793. The highest BCUT2D eigenvalue weighted by molar-refractivity contribution is 9.13. The van der Waals surface area contributed by atoms with Crippen LogP contribution in [0, 0.1) is 0 Å². The molecule has 9 nitrogen and oxygen atoms in total. The van der Waals surface area contributed by atoms with Crippen LogP contribution < -0.4 is 14.5 Å². The van der Waals surface area contributed by atoms with Gasteiger partial charge in [-0.25, -0.2) is 17.7 Å². The van der Waals surface area contributed by atoms with Gasteiger partial charge in [-0.2, -0.15) is 4.98 Å². The third kappa shape index (κ3) is 4.56. The Morgan fingerprint density at radius 3 is 2.44 bits per heavy atom. The molecule has 180 valence electrons. The van der Waals surface area contributed by atoms with Gasteiger partial charge in [-0.3, -0.25) is 0 Å². The fourth-order valence-corrected chi connectivity index (χ4v) is 7.03. The summed E-state index contributed by atoms with van der Waals surface area (Å²) in [4.78, 5) is 13.4. The molecule has 0 unspecified atom stereocenters. The summed E-state index contributed by atoms with van der Waals surface area (Å²) in [5, 5.41) is 13.0. The number of sulfonamides is 1. The Morgan fingerprint density at radius 2 is 1.79 bits per heavy atom. The number of hydrogen-bond acceptors (Lipinski definition) is 8. The van der Waals surface area contributed by atoms with E-state index in [2.05, 4.69) is 40.9 Å². The minimum absolute atomic E-state index is 0.0821. The van der Waals surface area contributed by atoms with Gasteiger partial charge in [0.25, 0.3) is 10.0 Å². The lowest BCUT2D eigenvalue weighted by atomic mass is 9.84. The third-order valence-corrected chi connectivity index (χ3v) is 9.82. The maximum Gasteiger partial charge on any atom is 0.376 e. The fourth-order valence-electron chi connectivity index (χ4n) is 4.87. The van der Waals surface area contributed by atoms with Crippen LogP contribution in [0.15, 0.2) is 34.3 Å². The summed E-state index contributed by atoms with van der Waals surface area (Å²) in [6, 6.07) is 7.96. The first-order valence-electron chi connectivity index (χ1n) is 11.7. The van der Waals surface area contributed by atoms with E-state index in [4.69, 9.17) is 0 Å². The number of hydrogen-bond donors (Lipinski definition) is 2. The van der Waals surface area contributed by atoms with Crippen LogP contribution in [-0.4, -0.2) is 67.5 Å². The van der Waals surface area contributed by atoms with Crippen molar-refractivity contribution in [2.75, 3.05) is 40.7 Å². The van der Waals surface area contributed by atoms with Crippen LogP contribution in [0.5, 0.6) is 0 Å². The molecule has 0 atom stereocenters. The molecular weight excluding hydrogens is 519 g/mol. The zero-order valence-electron chi connectivity index (χ0n) is 19.1. The van der Waals surface area contributed by atoms with E-state index in [1.807, 2.05) is 24.3 Å². The lowest BCUT2D eigenvalue weighted by Gasteiger charge is -2.36. The largest absolute Gasteiger partial charge is 0.437 e. The molecule has 1 aromatic heterocycles. The van der Waals surface area contributed by atoms with Crippen molar-refractivity contribution in [3.05, 3.63) is 39.8 Å². The number of fused-ring (bicyclic) bond motifs is 1. The Hall–Kier alpha value is -2.15. The monoisotopic (exact) mass is 546 g/mol. The zero-order valence-corrected chi connectivity index (χ0v) is 21.5. The van der Waals surface area contributed by atoms with Gasteiger partial charge in [0.2, 0.25) is 5.95 Å². The first kappa shape index (κ1) is 23.6. The smallest absolute Gasteiger partial charge is 0.376 e. The number of rotatable bonds is 5. The Kier molecular flexibility index (Phi) is 6.58. The molecule has 3 aliphatic rings. The molecular formula is C22H28BBrN6O3S. The molecule has 2 fully saturated rings. The van der Waals surface area contributed by atoms with Crippen molar-refractivity contribution in [3.8, 4) is 0 Å². The van der Waals surface area contributed by atoms with E-state index in [1.165, 1.54) is 4.31 Å². The van der Waals surface area contributed by atoms with Gasteiger partial charge in [-0.1, -0.05) is 12.8 Å². The van der Waals surface area contributed by atoms with Gasteiger partial charge in [0.1, 0.15) is 3.81 Å². The minimum atomic E-state index is -3.65. The van der Waals surface area contributed by atoms with E-state index in [-0.39, 0.29) is 9.86 Å². The molecule has 0 bridgehead atoms. The van der Waals surface area contributed by atoms with Crippen LogP contribution >= 0.6 is 15.9 Å². The lowest BCUT2D eigenvalue weighted by Crippen LogP contribution is -2.51. The second-order valence-corrected chi connectivity index (χ2v) is 12.1. The van der Waals surface area contributed by atoms with Crippen molar-refractivity contribution in [2.24, 2.45) is 0 Å². The second kappa shape index (κ2) is 9.48. The second-order valence-electron chi connectivity index (χ2n) is 8.99. The molecule has 1 saturated heterocycles. The summed E-state index contributed by atoms with van der Waals surface area (Å²) in [6.07, 6.45) is 6.94. The highest BCUT2D eigenvalue weighted by Gasteiger charge is 2.39. The molecule has 1 aromatic carbocycles. The first-order chi connectivity index (χ1) is 16.3. The Bertz CT molecular complexity index is 1180. The Labute approximate surface area is 209 Å². The predicted octanol–water partition coefficient (Wildman–Crippen LogP) is 3.24. The number of aromatic nitrogens is 2. The van der Waals surface area contributed by atoms with Crippen LogP contribution in [0.4, 0.5) is 23.1 Å². The highest BCUT2D eigenvalue weighted by atomic mass is 79.9. The van der Waals surface area contributed by atoms with Crippen molar-refractivity contribution < 1.29 is 13.4 Å². The normalized spacial score (nSPS) is 20.7. The first-order valence-corrected chi connectivity index (χ1v) is 13.9. The minimum Gasteiger partial charge on any atom is -0.437 e. The third-order valence-electron chi connectivity index (χ3n) is 6.77. The molecule has 2 aromatic rings. The molecule has 1 aliphatic carbocycles. The maximum absolute atomic E-state index is 13.1. The quantitative estimate of drug-likeness (QED) is 0.551. The van der Waals surface area contributed by atoms with Crippen molar-refractivity contribution in [1.29, 1.82) is 0 Å². The van der Waals surface area contributed by atoms with Gasteiger partial charge in [0, 0.05) is 55.4 Å². The summed E-state index contributed by atoms with van der Waals surface area (Å²) in [6.45, 7) is 5.17. The van der Waals surface area contributed by atoms with Crippen LogP contribution in [0.2, 0.25) is 6.82 Å². The molecule has 0 amide bonds. The maximum atomic E-state index is 13.1. The predicted molar refractivity (Wildman–Crippen MR) is 140 cm³/mol. The Balaban J connectivity index is 1.34. The topological polar surface area (TPSA) is 102 Å². The molecule has 12 heteroatoms. The molecule has 5 rings (SSSR count). The molecule has 34 heavy (non-hydrogen) atoms. The molecule has 2 aliphatic heterocycles. The van der Waals surface area contributed by atoms with Gasteiger partial charge < -0.3 is 20.1 Å². The number of nitrogens with zero attached hydrogens (tertiary/aromatic N) is 5. The van der Waals surface area contributed by atoms with Gasteiger partial charge >= 0.3 is 7.05 Å². The average molecular weight is 547 g/mol. The summed E-state index contributed by atoms with van der Waals surface area (Å²) in [5.41, 5.74) is 2.63. The fraction of sp³-hybridized carbons (Fsp3) is 0.455. The zero-order chi connectivity index (χ0) is 23.9. The van der Waals surface area contributed by atoms with Crippen LogP contribution in [0.3, 0.4) is 0 Å². The number of benzene rings is 1. The van der Waals surface area contributed by atoms with E-state index in [9.17, 15) is 13.4 Å². The highest BCUT2D eigenvalue weighted by Crippen LogP contribution is 2.40. The summed E-state index contributed by atoms with van der Waals surface area (Å²) < 4.78 is 27.8. The summed E-state index contributed by atoms with van der Waals surface area (Å²) >= 11 is 3.23. The van der Waals surface area contributed by atoms with Gasteiger partial charge in [0.05, 0.1) is 0 Å². The van der Waals surface area contributed by atoms with Gasteiger partial charge in [-0.15, -0.1) is 0 Å². The molecule has 0 radical (unpaired) electrons. The van der Waals surface area contributed by atoms with Crippen molar-refractivity contribution in [3.63, 3.8) is 0 Å². The molecule has 2 N–H and O–H groups in total. The van der Waals surface area contributed by atoms with E-state index < -0.39 is 17.1 Å². The Morgan fingerprint density at radius 1 is 1.12 bits per heavy atom. The van der Waals surface area contributed by atoms with Crippen molar-refractivity contribution in [1.82, 2.24) is 14.8 Å². The number of halogens is 1. The number of piperazine rings is 1. The van der Waals surface area contributed by atoms with E-state index in [0.29, 0.717) is 17.3 Å². The molecule has 3 heterocycles. The van der Waals surface area contributed by atoms with E-state index >= 15 is 0 Å². The van der Waals surface area contributed by atoms with Crippen LogP contribution in [0.1, 0.15) is 31.2 Å². The van der Waals surface area contributed by atoms with E-state index in [1.54, 1.807) is 19.1 Å². The van der Waals surface area contributed by atoms with Crippen molar-refractivity contribution >= 4 is 62.2 Å². The summed E-state index contributed by atoms with van der Waals surface area (Å²) in [7, 11) is -4.06. The molecule has 1 saturated carbocycles. The number of nitrogens with one attached hydrogen (secondary N) is 1. The van der Waals surface area contributed by atoms with Crippen LogP contribution in [0.25, 0.3) is 6.08 Å². The van der Waals surface area contributed by atoms with Crippen molar-refractivity contribution in [2.45, 2.75) is 38.5 Å². The lowest BCUT2D eigenvalue weighted by molar-refractivity contribution is 0.344. The van der Waals surface area contributed by atoms with Gasteiger partial charge in [0.15, 0.2) is 5.82 Å². The standard InChI is InChI=1S/C22H28BBrN6O3S/c1-23(31)29-12-10-28(11-13-29)18-8-6-17(7-9-18)26-22-25-15-16-14-20(24)34(32,33)30(21(16)27-22)19-4-2-3-5-19/h6-9,14-15,19,31H,2-5,10-13H2,1H3,(H,25,26,27). The van der Waals surface area contributed by atoms with Gasteiger partial charge in [-0.05, 0) is 65.9 Å². The number of anilines is 4. The average Bonchev–Trinajstić information content (AvgIpc) is 3.35. The molecule has 0 spiro atoms. The van der Waals surface area contributed by atoms with E-state index in [0.717, 1.165) is 63.2 Å².